The summed E-state index contributed by atoms with van der Waals surface area (Å²) < 4.78 is 25.5. The summed E-state index contributed by atoms with van der Waals surface area (Å²) in [6, 6.07) is 0.717. The molecule has 5 heteroatoms. The molecule has 1 fully saturated rings. The van der Waals surface area contributed by atoms with E-state index in [1.54, 1.807) is 7.05 Å². The van der Waals surface area contributed by atoms with Gasteiger partial charge in [-0.1, -0.05) is 20.3 Å². The van der Waals surface area contributed by atoms with Crippen LogP contribution in [-0.2, 0) is 10.0 Å². The van der Waals surface area contributed by atoms with Gasteiger partial charge in [0.15, 0.2) is 0 Å². The van der Waals surface area contributed by atoms with Gasteiger partial charge in [-0.15, -0.1) is 0 Å². The van der Waals surface area contributed by atoms with Gasteiger partial charge in [0.2, 0.25) is 10.0 Å². The van der Waals surface area contributed by atoms with Gasteiger partial charge in [-0.3, -0.25) is 0 Å². The first-order valence-corrected chi connectivity index (χ1v) is 8.74. The van der Waals surface area contributed by atoms with E-state index >= 15 is 0 Å². The molecule has 1 N–H and O–H groups in total. The Labute approximate surface area is 112 Å². The first kappa shape index (κ1) is 15.9. The van der Waals surface area contributed by atoms with Crippen molar-refractivity contribution < 1.29 is 8.42 Å². The topological polar surface area (TPSA) is 49.4 Å². The largest absolute Gasteiger partial charge is 0.314 e. The van der Waals surface area contributed by atoms with Crippen molar-refractivity contribution in [3.8, 4) is 0 Å². The van der Waals surface area contributed by atoms with Crippen LogP contribution in [0.2, 0.25) is 0 Å². The Morgan fingerprint density at radius 3 is 2.56 bits per heavy atom. The lowest BCUT2D eigenvalue weighted by molar-refractivity contribution is 0.393. The standard InChI is InChI=1S/C13H28N2O2S/c1-4-12(2)11-15(3)18(16,17)10-6-5-9-14-13-7-8-13/h12-14H,4-11H2,1-3H3. The molecule has 1 rings (SSSR count). The number of sulfonamides is 1. The van der Waals surface area contributed by atoms with E-state index in [-0.39, 0.29) is 5.75 Å². The molecule has 108 valence electrons. The second-order valence-electron chi connectivity index (χ2n) is 5.55. The zero-order valence-corrected chi connectivity index (χ0v) is 12.8. The molecule has 1 saturated carbocycles. The van der Waals surface area contributed by atoms with E-state index in [1.807, 2.05) is 0 Å². The predicted molar refractivity (Wildman–Crippen MR) is 76.1 cm³/mol. The molecular formula is C13H28N2O2S. The molecule has 1 atom stereocenters. The normalized spacial score (nSPS) is 18.2. The summed E-state index contributed by atoms with van der Waals surface area (Å²) in [7, 11) is -1.35. The van der Waals surface area contributed by atoms with Crippen LogP contribution >= 0.6 is 0 Å². The maximum Gasteiger partial charge on any atom is 0.213 e. The van der Waals surface area contributed by atoms with E-state index in [2.05, 4.69) is 19.2 Å². The fourth-order valence-electron chi connectivity index (χ4n) is 1.84. The predicted octanol–water partition coefficient (Wildman–Crippen LogP) is 1.83. The van der Waals surface area contributed by atoms with Gasteiger partial charge in [0, 0.05) is 19.6 Å². The van der Waals surface area contributed by atoms with E-state index in [0.717, 1.165) is 31.8 Å². The highest BCUT2D eigenvalue weighted by molar-refractivity contribution is 7.89. The van der Waals surface area contributed by atoms with Crippen LogP contribution in [0.15, 0.2) is 0 Å². The Morgan fingerprint density at radius 2 is 2.00 bits per heavy atom. The lowest BCUT2D eigenvalue weighted by Gasteiger charge is -2.20. The van der Waals surface area contributed by atoms with Gasteiger partial charge in [-0.2, -0.15) is 0 Å². The Kier molecular flexibility index (Phi) is 6.60. The highest BCUT2D eigenvalue weighted by Crippen LogP contribution is 2.18. The molecule has 0 heterocycles. The monoisotopic (exact) mass is 276 g/mol. The number of rotatable bonds is 10. The second-order valence-corrected chi connectivity index (χ2v) is 7.74. The molecule has 4 nitrogen and oxygen atoms in total. The van der Waals surface area contributed by atoms with Crippen LogP contribution in [0.1, 0.15) is 46.0 Å². The van der Waals surface area contributed by atoms with E-state index in [1.165, 1.54) is 17.1 Å². The molecule has 1 unspecified atom stereocenters. The summed E-state index contributed by atoms with van der Waals surface area (Å²) in [5.41, 5.74) is 0. The van der Waals surface area contributed by atoms with Crippen LogP contribution in [0.3, 0.4) is 0 Å². The molecular weight excluding hydrogens is 248 g/mol. The van der Waals surface area contributed by atoms with Crippen LogP contribution < -0.4 is 5.32 Å². The van der Waals surface area contributed by atoms with Crippen molar-refractivity contribution in [3.63, 3.8) is 0 Å². The maximum atomic E-state index is 12.0. The number of nitrogens with one attached hydrogen (secondary N) is 1. The van der Waals surface area contributed by atoms with E-state index < -0.39 is 10.0 Å². The van der Waals surface area contributed by atoms with Gasteiger partial charge in [-0.25, -0.2) is 12.7 Å². The van der Waals surface area contributed by atoms with Crippen molar-refractivity contribution in [3.05, 3.63) is 0 Å². The smallest absolute Gasteiger partial charge is 0.213 e. The first-order chi connectivity index (χ1) is 8.45. The fourth-order valence-corrected chi connectivity index (χ4v) is 3.20. The van der Waals surface area contributed by atoms with Crippen LogP contribution in [0.4, 0.5) is 0 Å². The van der Waals surface area contributed by atoms with Crippen LogP contribution in [0, 0.1) is 5.92 Å². The summed E-state index contributed by atoms with van der Waals surface area (Å²) in [4.78, 5) is 0. The van der Waals surface area contributed by atoms with Crippen molar-refractivity contribution >= 4 is 10.0 Å². The molecule has 0 aromatic carbocycles. The minimum Gasteiger partial charge on any atom is -0.314 e. The third kappa shape index (κ3) is 6.16. The summed E-state index contributed by atoms with van der Waals surface area (Å²) >= 11 is 0. The number of nitrogens with zero attached hydrogens (tertiary/aromatic N) is 1. The molecule has 0 saturated heterocycles. The minimum absolute atomic E-state index is 0.284. The molecule has 0 aromatic heterocycles. The molecule has 0 aromatic rings. The highest BCUT2D eigenvalue weighted by atomic mass is 32.2. The molecule has 18 heavy (non-hydrogen) atoms. The van der Waals surface area contributed by atoms with Gasteiger partial charge in [0.05, 0.1) is 5.75 Å². The van der Waals surface area contributed by atoms with Gasteiger partial charge < -0.3 is 5.32 Å². The molecule has 1 aliphatic carbocycles. The Balaban J connectivity index is 2.16. The van der Waals surface area contributed by atoms with E-state index in [0.29, 0.717) is 12.5 Å². The Hall–Kier alpha value is -0.130. The highest BCUT2D eigenvalue weighted by Gasteiger charge is 2.21. The van der Waals surface area contributed by atoms with Gasteiger partial charge in [-0.05, 0) is 38.1 Å². The van der Waals surface area contributed by atoms with Gasteiger partial charge in [0.1, 0.15) is 0 Å². The van der Waals surface area contributed by atoms with Gasteiger partial charge in [0.25, 0.3) is 0 Å². The summed E-state index contributed by atoms with van der Waals surface area (Å²) in [6.07, 6.45) is 5.30. The molecule has 0 amide bonds. The molecule has 0 bridgehead atoms. The molecule has 0 spiro atoms. The molecule has 1 aliphatic rings. The first-order valence-electron chi connectivity index (χ1n) is 7.13. The number of hydrogen-bond acceptors (Lipinski definition) is 3. The summed E-state index contributed by atoms with van der Waals surface area (Å²) in [5, 5.41) is 3.40. The lowest BCUT2D eigenvalue weighted by atomic mass is 10.1. The number of hydrogen-bond donors (Lipinski definition) is 1. The Morgan fingerprint density at radius 1 is 1.33 bits per heavy atom. The quantitative estimate of drug-likeness (QED) is 0.619. The average Bonchev–Trinajstić information content (AvgIpc) is 3.12. The number of unbranched alkanes of at least 4 members (excludes halogenated alkanes) is 1. The summed E-state index contributed by atoms with van der Waals surface area (Å²) in [5.74, 6) is 0.716. The van der Waals surface area contributed by atoms with Gasteiger partial charge >= 0.3 is 0 Å². The van der Waals surface area contributed by atoms with Crippen LogP contribution in [-0.4, -0.2) is 44.7 Å². The van der Waals surface area contributed by atoms with Crippen molar-refractivity contribution in [2.24, 2.45) is 5.92 Å². The molecule has 0 aliphatic heterocycles. The van der Waals surface area contributed by atoms with Crippen molar-refractivity contribution in [2.75, 3.05) is 25.9 Å². The maximum absolute atomic E-state index is 12.0. The third-order valence-corrected chi connectivity index (χ3v) is 5.48. The SMILES string of the molecule is CCC(C)CN(C)S(=O)(=O)CCCCNC1CC1. The van der Waals surface area contributed by atoms with Crippen LogP contribution in [0.25, 0.3) is 0 Å². The van der Waals surface area contributed by atoms with Crippen molar-refractivity contribution in [1.82, 2.24) is 9.62 Å². The zero-order chi connectivity index (χ0) is 13.6. The van der Waals surface area contributed by atoms with E-state index in [4.69, 9.17) is 0 Å². The van der Waals surface area contributed by atoms with Crippen molar-refractivity contribution in [1.29, 1.82) is 0 Å². The second kappa shape index (κ2) is 7.46. The lowest BCUT2D eigenvalue weighted by Crippen LogP contribution is -2.33. The zero-order valence-electron chi connectivity index (χ0n) is 12.0. The van der Waals surface area contributed by atoms with Crippen molar-refractivity contribution in [2.45, 2.75) is 52.0 Å². The molecule has 0 radical (unpaired) electrons. The fraction of sp³-hybridized carbons (Fsp3) is 1.00. The van der Waals surface area contributed by atoms with Crippen LogP contribution in [0.5, 0.6) is 0 Å². The summed E-state index contributed by atoms with van der Waals surface area (Å²) in [6.45, 7) is 5.77. The minimum atomic E-state index is -3.04. The third-order valence-electron chi connectivity index (χ3n) is 3.58. The Bertz CT molecular complexity index is 326. The average molecular weight is 276 g/mol. The van der Waals surface area contributed by atoms with E-state index in [9.17, 15) is 8.42 Å².